The van der Waals surface area contributed by atoms with Crippen LogP contribution in [0.3, 0.4) is 0 Å². The lowest BCUT2D eigenvalue weighted by Crippen LogP contribution is -2.22. The molecule has 2 heterocycles. The van der Waals surface area contributed by atoms with E-state index in [4.69, 9.17) is 9.47 Å². The Morgan fingerprint density at radius 2 is 1.63 bits per heavy atom. The molecule has 41 heavy (non-hydrogen) atoms. The van der Waals surface area contributed by atoms with Gasteiger partial charge < -0.3 is 14.0 Å². The minimum atomic E-state index is -4.05. The first-order valence-corrected chi connectivity index (χ1v) is 14.6. The number of hydrogen-bond acceptors (Lipinski definition) is 6. The molecule has 0 aliphatic carbocycles. The van der Waals surface area contributed by atoms with E-state index >= 15 is 0 Å². The molecular formula is C32H30N2O6S. The lowest BCUT2D eigenvalue weighted by Gasteiger charge is -2.16. The number of esters is 1. The van der Waals surface area contributed by atoms with E-state index in [1.807, 2.05) is 43.3 Å². The van der Waals surface area contributed by atoms with E-state index in [0.717, 1.165) is 15.1 Å². The number of aryl methyl sites for hydroxylation is 2. The summed E-state index contributed by atoms with van der Waals surface area (Å²) >= 11 is 0. The van der Waals surface area contributed by atoms with Gasteiger partial charge in [0, 0.05) is 36.0 Å². The monoisotopic (exact) mass is 570 g/mol. The quantitative estimate of drug-likeness (QED) is 0.225. The van der Waals surface area contributed by atoms with Gasteiger partial charge >= 0.3 is 5.97 Å². The number of pyridine rings is 1. The number of carbonyl (C=O) groups excluding carboxylic acids is 1. The molecule has 9 heteroatoms. The van der Waals surface area contributed by atoms with E-state index in [9.17, 15) is 18.0 Å². The maximum Gasteiger partial charge on any atom is 0.310 e. The lowest BCUT2D eigenvalue weighted by molar-refractivity contribution is -0.142. The van der Waals surface area contributed by atoms with Crippen LogP contribution in [0.1, 0.15) is 23.6 Å². The normalized spacial score (nSPS) is 11.5. The van der Waals surface area contributed by atoms with Crippen molar-refractivity contribution < 1.29 is 22.7 Å². The Hall–Kier alpha value is -4.63. The van der Waals surface area contributed by atoms with Gasteiger partial charge in [0.05, 0.1) is 17.9 Å². The maximum absolute atomic E-state index is 13.6. The number of carbonyl (C=O) groups is 1. The molecule has 0 fully saturated rings. The highest BCUT2D eigenvalue weighted by Gasteiger charge is 2.24. The van der Waals surface area contributed by atoms with Gasteiger partial charge in [-0.05, 0) is 55.3 Å². The largest absolute Gasteiger partial charge is 0.488 e. The number of aromatic nitrogens is 2. The second-order valence-electron chi connectivity index (χ2n) is 9.74. The predicted octanol–water partition coefficient (Wildman–Crippen LogP) is 5.24. The molecule has 0 spiro atoms. The number of rotatable bonds is 9. The van der Waals surface area contributed by atoms with Gasteiger partial charge in [-0.25, -0.2) is 12.4 Å². The fraction of sp³-hybridized carbons (Fsp3) is 0.188. The molecule has 0 amide bonds. The summed E-state index contributed by atoms with van der Waals surface area (Å²) in [5.41, 5.74) is 3.36. The Morgan fingerprint density at radius 3 is 2.34 bits per heavy atom. The Kier molecular flexibility index (Phi) is 7.81. The SMILES string of the molecule is CCOC(=O)Cc1ccc(OCc2ccccc2)c(-c2cn(C)c(=O)c3c2ccn3S(=O)(=O)c2ccc(C)cc2)c1. The molecule has 210 valence electrons. The molecule has 5 rings (SSSR count). The molecule has 0 atom stereocenters. The first-order chi connectivity index (χ1) is 19.7. The summed E-state index contributed by atoms with van der Waals surface area (Å²) in [5.74, 6) is 0.160. The topological polar surface area (TPSA) is 96.6 Å². The van der Waals surface area contributed by atoms with Crippen molar-refractivity contribution in [3.8, 4) is 16.9 Å². The Balaban J connectivity index is 1.68. The zero-order chi connectivity index (χ0) is 29.1. The molecule has 8 nitrogen and oxygen atoms in total. The van der Waals surface area contributed by atoms with Gasteiger partial charge in [0.15, 0.2) is 0 Å². The summed E-state index contributed by atoms with van der Waals surface area (Å²) in [5, 5.41) is 0.446. The summed E-state index contributed by atoms with van der Waals surface area (Å²) in [4.78, 5) is 25.7. The number of ether oxygens (including phenoxy) is 2. The zero-order valence-electron chi connectivity index (χ0n) is 23.0. The Bertz CT molecular complexity index is 1890. The second-order valence-corrected chi connectivity index (χ2v) is 11.6. The minimum Gasteiger partial charge on any atom is -0.488 e. The van der Waals surface area contributed by atoms with Gasteiger partial charge in [0.2, 0.25) is 0 Å². The van der Waals surface area contributed by atoms with Crippen molar-refractivity contribution in [1.29, 1.82) is 0 Å². The summed E-state index contributed by atoms with van der Waals surface area (Å²) in [7, 11) is -2.48. The van der Waals surface area contributed by atoms with Crippen molar-refractivity contribution >= 4 is 26.9 Å². The standard InChI is InChI=1S/C32H30N2O6S/c1-4-39-30(35)19-24-12-15-29(40-21-23-8-6-5-7-9-23)27(18-24)28-20-33(3)32(36)31-26(28)16-17-34(31)41(37,38)25-13-10-22(2)11-14-25/h5-18,20H,4,19,21H2,1-3H3. The van der Waals surface area contributed by atoms with Gasteiger partial charge in [0.1, 0.15) is 17.9 Å². The molecule has 0 saturated heterocycles. The maximum atomic E-state index is 13.6. The van der Waals surface area contributed by atoms with Gasteiger partial charge in [-0.1, -0.05) is 54.1 Å². The van der Waals surface area contributed by atoms with Crippen molar-refractivity contribution in [2.24, 2.45) is 7.05 Å². The molecular weight excluding hydrogens is 540 g/mol. The van der Waals surface area contributed by atoms with Crippen LogP contribution in [0.4, 0.5) is 0 Å². The molecule has 0 saturated carbocycles. The highest BCUT2D eigenvalue weighted by molar-refractivity contribution is 7.90. The summed E-state index contributed by atoms with van der Waals surface area (Å²) < 4.78 is 41.0. The van der Waals surface area contributed by atoms with Crippen molar-refractivity contribution in [2.75, 3.05) is 6.61 Å². The fourth-order valence-corrected chi connectivity index (χ4v) is 6.05. The van der Waals surface area contributed by atoms with Gasteiger partial charge in [-0.2, -0.15) is 0 Å². The van der Waals surface area contributed by atoms with Crippen LogP contribution in [0.25, 0.3) is 22.0 Å². The second kappa shape index (κ2) is 11.5. The summed E-state index contributed by atoms with van der Waals surface area (Å²) in [6, 6.07) is 23.2. The van der Waals surface area contributed by atoms with E-state index in [0.29, 0.717) is 34.4 Å². The van der Waals surface area contributed by atoms with Crippen molar-refractivity contribution in [3.63, 3.8) is 0 Å². The third-order valence-electron chi connectivity index (χ3n) is 6.79. The fourth-order valence-electron chi connectivity index (χ4n) is 4.71. The van der Waals surface area contributed by atoms with Crippen LogP contribution in [-0.2, 0) is 39.6 Å². The minimum absolute atomic E-state index is 0.0235. The predicted molar refractivity (Wildman–Crippen MR) is 157 cm³/mol. The summed E-state index contributed by atoms with van der Waals surface area (Å²) in [6.07, 6.45) is 3.11. The van der Waals surface area contributed by atoms with Gasteiger partial charge in [0.25, 0.3) is 15.6 Å². The molecule has 0 unspecified atom stereocenters. The molecule has 0 N–H and O–H groups in total. The molecule has 5 aromatic rings. The van der Waals surface area contributed by atoms with Crippen LogP contribution in [0.5, 0.6) is 5.75 Å². The number of fused-ring (bicyclic) bond motifs is 1. The number of nitrogens with zero attached hydrogens (tertiary/aromatic N) is 2. The average molecular weight is 571 g/mol. The van der Waals surface area contributed by atoms with Crippen LogP contribution in [0, 0.1) is 6.92 Å². The van der Waals surface area contributed by atoms with Crippen LogP contribution in [0.15, 0.2) is 101 Å². The van der Waals surface area contributed by atoms with E-state index in [2.05, 4.69) is 0 Å². The van der Waals surface area contributed by atoms with Gasteiger partial charge in [-0.3, -0.25) is 9.59 Å². The molecule has 0 aliphatic heterocycles. The first kappa shape index (κ1) is 27.9. The van der Waals surface area contributed by atoms with Crippen molar-refractivity contribution in [3.05, 3.63) is 118 Å². The van der Waals surface area contributed by atoms with Crippen LogP contribution in [-0.4, -0.2) is 29.5 Å². The zero-order valence-corrected chi connectivity index (χ0v) is 23.9. The Labute approximate surface area is 238 Å². The smallest absolute Gasteiger partial charge is 0.310 e. The molecule has 0 bridgehead atoms. The highest BCUT2D eigenvalue weighted by atomic mass is 32.2. The average Bonchev–Trinajstić information content (AvgIpc) is 3.42. The molecule has 2 aromatic heterocycles. The van der Waals surface area contributed by atoms with Crippen LogP contribution >= 0.6 is 0 Å². The van der Waals surface area contributed by atoms with Crippen LogP contribution < -0.4 is 10.3 Å². The highest BCUT2D eigenvalue weighted by Crippen LogP contribution is 2.36. The van der Waals surface area contributed by atoms with Gasteiger partial charge in [-0.15, -0.1) is 0 Å². The Morgan fingerprint density at radius 1 is 0.902 bits per heavy atom. The van der Waals surface area contributed by atoms with Crippen molar-refractivity contribution in [1.82, 2.24) is 8.54 Å². The molecule has 0 radical (unpaired) electrons. The number of hydrogen-bond donors (Lipinski definition) is 0. The lowest BCUT2D eigenvalue weighted by atomic mass is 9.99. The van der Waals surface area contributed by atoms with E-state index < -0.39 is 15.6 Å². The molecule has 0 aliphatic rings. The molecule has 3 aromatic carbocycles. The van der Waals surface area contributed by atoms with Crippen molar-refractivity contribution in [2.45, 2.75) is 31.8 Å². The first-order valence-electron chi connectivity index (χ1n) is 13.2. The third-order valence-corrected chi connectivity index (χ3v) is 8.48. The van der Waals surface area contributed by atoms with E-state index in [1.54, 1.807) is 50.5 Å². The van der Waals surface area contributed by atoms with E-state index in [1.165, 1.54) is 22.9 Å². The summed E-state index contributed by atoms with van der Waals surface area (Å²) in [6.45, 7) is 4.19. The third kappa shape index (κ3) is 5.67. The van der Waals surface area contributed by atoms with E-state index in [-0.39, 0.29) is 29.4 Å². The number of benzene rings is 3. The van der Waals surface area contributed by atoms with Crippen LogP contribution in [0.2, 0.25) is 0 Å².